The summed E-state index contributed by atoms with van der Waals surface area (Å²) in [6, 6.07) is 11.5. The number of nitrogens with zero attached hydrogens (tertiary/aromatic N) is 1. The van der Waals surface area contributed by atoms with Gasteiger partial charge in [-0.3, -0.25) is 23.7 Å². The zero-order chi connectivity index (χ0) is 29.9. The molecule has 5 atom stereocenters. The van der Waals surface area contributed by atoms with Crippen LogP contribution in [0.15, 0.2) is 58.3 Å². The Labute approximate surface area is 241 Å². The molecule has 3 aromatic rings. The van der Waals surface area contributed by atoms with Crippen molar-refractivity contribution in [3.8, 4) is 5.75 Å². The number of aryl methyl sites for hydroxylation is 1. The fraction of sp³-hybridized carbons (Fsp3) is 0.483. The summed E-state index contributed by atoms with van der Waals surface area (Å²) in [5.74, 6) is -0.352. The highest BCUT2D eigenvalue weighted by Gasteiger charge is 2.41. The molecule has 42 heavy (non-hydrogen) atoms. The van der Waals surface area contributed by atoms with E-state index in [9.17, 15) is 18.9 Å². The molecule has 2 fully saturated rings. The summed E-state index contributed by atoms with van der Waals surface area (Å²) < 4.78 is 53.3. The van der Waals surface area contributed by atoms with Gasteiger partial charge in [0.1, 0.15) is 36.4 Å². The molecule has 1 saturated carbocycles. The summed E-state index contributed by atoms with van der Waals surface area (Å²) in [6.45, 7) is 2.51. The van der Waals surface area contributed by atoms with E-state index >= 15 is 4.39 Å². The molecule has 2 N–H and O–H groups in total. The Morgan fingerprint density at radius 3 is 2.69 bits per heavy atom. The maximum Gasteiger partial charge on any atom is 0.459 e. The summed E-state index contributed by atoms with van der Waals surface area (Å²) in [6.07, 6.45) is 1.72. The van der Waals surface area contributed by atoms with Gasteiger partial charge in [0.2, 0.25) is 0 Å². The quantitative estimate of drug-likeness (QED) is 0.250. The van der Waals surface area contributed by atoms with Crippen molar-refractivity contribution in [1.29, 1.82) is 0 Å². The van der Waals surface area contributed by atoms with E-state index in [1.807, 2.05) is 18.2 Å². The lowest BCUT2D eigenvalue weighted by Crippen LogP contribution is -2.38. The van der Waals surface area contributed by atoms with Gasteiger partial charge < -0.3 is 14.0 Å². The van der Waals surface area contributed by atoms with Gasteiger partial charge in [-0.1, -0.05) is 42.8 Å². The minimum atomic E-state index is -4.32. The number of aromatic amines is 1. The Bertz CT molecular complexity index is 1580. The first-order valence-electron chi connectivity index (χ1n) is 14.1. The van der Waals surface area contributed by atoms with Crippen LogP contribution in [0.2, 0.25) is 0 Å². The standard InChI is InChI=1S/C29H35FN3O8P/c1-18-16-33(29(36)31-27(18)34)26-15-23(30)25(40-26)17-38-42(37,32-19(2)28(35)39-21-11-4-3-5-12-21)41-24-14-8-10-20-9-6-7-13-22(20)24/h6-10,13-14,16,19,21,23,25-26H,3-5,11-12,15,17H2,1-2H3,(H,32,37)(H,31,34,36)/t19-,23-,25+,26+,42?/m0/s1. The molecule has 1 aliphatic carbocycles. The molecule has 0 spiro atoms. The van der Waals surface area contributed by atoms with Crippen LogP contribution in [0.1, 0.15) is 57.2 Å². The number of hydrogen-bond donors (Lipinski definition) is 2. The van der Waals surface area contributed by atoms with E-state index < -0.39 is 56.1 Å². The van der Waals surface area contributed by atoms with E-state index in [1.165, 1.54) is 20.0 Å². The predicted octanol–water partition coefficient (Wildman–Crippen LogP) is 4.68. The number of H-pyrrole nitrogens is 1. The van der Waals surface area contributed by atoms with E-state index in [1.54, 1.807) is 24.3 Å². The predicted molar refractivity (Wildman–Crippen MR) is 153 cm³/mol. The average molecular weight is 604 g/mol. The third kappa shape index (κ3) is 7.00. The number of fused-ring (bicyclic) bond motifs is 1. The Morgan fingerprint density at radius 2 is 1.90 bits per heavy atom. The van der Waals surface area contributed by atoms with Gasteiger partial charge in [0.05, 0.1) is 6.61 Å². The third-order valence-electron chi connectivity index (χ3n) is 7.54. The van der Waals surface area contributed by atoms with E-state index in [4.69, 9.17) is 18.5 Å². The second kappa shape index (κ2) is 12.9. The van der Waals surface area contributed by atoms with Crippen LogP contribution in [0.4, 0.5) is 4.39 Å². The molecule has 1 aromatic heterocycles. The molecular weight excluding hydrogens is 568 g/mol. The molecule has 5 rings (SSSR count). The number of esters is 1. The number of rotatable bonds is 10. The average Bonchev–Trinajstić information content (AvgIpc) is 3.34. The Kier molecular flexibility index (Phi) is 9.27. The summed E-state index contributed by atoms with van der Waals surface area (Å²) in [5, 5.41) is 4.16. The zero-order valence-electron chi connectivity index (χ0n) is 23.5. The van der Waals surface area contributed by atoms with Crippen LogP contribution in [-0.2, 0) is 23.4 Å². The smallest absolute Gasteiger partial charge is 0.459 e. The lowest BCUT2D eigenvalue weighted by molar-refractivity contribution is -0.152. The zero-order valence-corrected chi connectivity index (χ0v) is 24.4. The lowest BCUT2D eigenvalue weighted by atomic mass is 9.98. The minimum absolute atomic E-state index is 0.189. The minimum Gasteiger partial charge on any atom is -0.461 e. The van der Waals surface area contributed by atoms with Gasteiger partial charge in [-0.15, -0.1) is 0 Å². The Balaban J connectivity index is 1.33. The van der Waals surface area contributed by atoms with E-state index in [0.29, 0.717) is 5.39 Å². The number of nitrogens with one attached hydrogen (secondary N) is 2. The first kappa shape index (κ1) is 30.2. The van der Waals surface area contributed by atoms with Crippen LogP contribution < -0.4 is 20.9 Å². The van der Waals surface area contributed by atoms with Crippen molar-refractivity contribution in [2.75, 3.05) is 6.61 Å². The maximum absolute atomic E-state index is 15.1. The molecule has 1 unspecified atom stereocenters. The van der Waals surface area contributed by atoms with Crippen molar-refractivity contribution in [2.24, 2.45) is 0 Å². The fourth-order valence-electron chi connectivity index (χ4n) is 5.22. The monoisotopic (exact) mass is 603 g/mol. The van der Waals surface area contributed by atoms with Crippen molar-refractivity contribution in [2.45, 2.75) is 83.0 Å². The molecule has 2 aromatic carbocycles. The highest BCUT2D eigenvalue weighted by Crippen LogP contribution is 2.47. The van der Waals surface area contributed by atoms with Gasteiger partial charge in [0, 0.05) is 23.6 Å². The van der Waals surface area contributed by atoms with Crippen LogP contribution in [0.3, 0.4) is 0 Å². The Morgan fingerprint density at radius 1 is 1.17 bits per heavy atom. The number of hydrogen-bond acceptors (Lipinski definition) is 8. The lowest BCUT2D eigenvalue weighted by Gasteiger charge is -2.27. The van der Waals surface area contributed by atoms with Gasteiger partial charge in [-0.2, -0.15) is 5.09 Å². The molecule has 0 bridgehead atoms. The van der Waals surface area contributed by atoms with E-state index in [-0.39, 0.29) is 23.8 Å². The molecule has 13 heteroatoms. The highest BCUT2D eigenvalue weighted by atomic mass is 31.2. The van der Waals surface area contributed by atoms with Gasteiger partial charge in [-0.05, 0) is 51.0 Å². The first-order chi connectivity index (χ1) is 20.1. The number of aromatic nitrogens is 2. The highest BCUT2D eigenvalue weighted by molar-refractivity contribution is 7.52. The maximum atomic E-state index is 15.1. The van der Waals surface area contributed by atoms with Crippen molar-refractivity contribution in [1.82, 2.24) is 14.6 Å². The molecule has 226 valence electrons. The van der Waals surface area contributed by atoms with Gasteiger partial charge >= 0.3 is 19.4 Å². The number of benzene rings is 2. The summed E-state index contributed by atoms with van der Waals surface area (Å²) in [4.78, 5) is 39.1. The fourth-order valence-corrected chi connectivity index (χ4v) is 6.74. The number of ether oxygens (including phenoxy) is 2. The van der Waals surface area contributed by atoms with Gasteiger partial charge in [0.25, 0.3) is 5.56 Å². The van der Waals surface area contributed by atoms with E-state index in [2.05, 4.69) is 10.1 Å². The summed E-state index contributed by atoms with van der Waals surface area (Å²) >= 11 is 0. The van der Waals surface area contributed by atoms with Crippen molar-refractivity contribution < 1.29 is 32.3 Å². The van der Waals surface area contributed by atoms with E-state index in [0.717, 1.165) is 42.1 Å². The van der Waals surface area contributed by atoms with Crippen LogP contribution in [0.25, 0.3) is 10.8 Å². The number of alkyl halides is 1. The molecule has 2 aliphatic rings. The number of halogens is 1. The second-order valence-electron chi connectivity index (χ2n) is 10.8. The molecule has 11 nitrogen and oxygen atoms in total. The van der Waals surface area contributed by atoms with Gasteiger partial charge in [-0.25, -0.2) is 13.8 Å². The normalized spacial score (nSPS) is 23.4. The van der Waals surface area contributed by atoms with Crippen molar-refractivity contribution >= 4 is 24.5 Å². The molecule has 1 saturated heterocycles. The Hall–Kier alpha value is -3.31. The summed E-state index contributed by atoms with van der Waals surface area (Å²) in [5.41, 5.74) is -1.01. The van der Waals surface area contributed by atoms with Crippen LogP contribution >= 0.6 is 7.75 Å². The topological polar surface area (TPSA) is 138 Å². The number of carbonyl (C=O) groups excluding carboxylic acids is 1. The van der Waals surface area contributed by atoms with Crippen LogP contribution in [0, 0.1) is 6.92 Å². The molecule has 0 amide bonds. The van der Waals surface area contributed by atoms with Crippen LogP contribution in [-0.4, -0.2) is 46.5 Å². The first-order valence-corrected chi connectivity index (χ1v) is 15.7. The van der Waals surface area contributed by atoms with Crippen molar-refractivity contribution in [3.63, 3.8) is 0 Å². The van der Waals surface area contributed by atoms with Crippen LogP contribution in [0.5, 0.6) is 5.75 Å². The molecule has 2 heterocycles. The second-order valence-corrected chi connectivity index (χ2v) is 12.5. The largest absolute Gasteiger partial charge is 0.461 e. The van der Waals surface area contributed by atoms with Crippen molar-refractivity contribution in [3.05, 3.63) is 75.1 Å². The number of carbonyl (C=O) groups is 1. The van der Waals surface area contributed by atoms with Gasteiger partial charge in [0.15, 0.2) is 0 Å². The molecular formula is C29H35FN3O8P. The SMILES string of the molecule is Cc1cn([C@H]2C[C@H](F)[C@@H](COP(=O)(N[C@@H](C)C(=O)OC3CCCCC3)Oc3cccc4ccccc34)O2)c(=O)[nH]c1=O. The third-order valence-corrected chi connectivity index (χ3v) is 9.17. The molecule has 0 radical (unpaired) electrons. The molecule has 1 aliphatic heterocycles. The summed E-state index contributed by atoms with van der Waals surface area (Å²) in [7, 11) is -4.32.